The Morgan fingerprint density at radius 2 is 1.77 bits per heavy atom. The summed E-state index contributed by atoms with van der Waals surface area (Å²) in [6.07, 6.45) is 1.98. The third-order valence-electron chi connectivity index (χ3n) is 6.26. The summed E-state index contributed by atoms with van der Waals surface area (Å²) < 4.78 is 48.9. The van der Waals surface area contributed by atoms with Gasteiger partial charge >= 0.3 is 19.1 Å². The molecule has 0 aromatic heterocycles. The lowest BCUT2D eigenvalue weighted by atomic mass is 9.75. The number of carbonyl (C=O) groups is 1. The van der Waals surface area contributed by atoms with Crippen LogP contribution >= 0.6 is 0 Å². The van der Waals surface area contributed by atoms with E-state index in [1.165, 1.54) is 0 Å². The molecule has 0 bridgehead atoms. The Kier molecular flexibility index (Phi) is 5.87. The summed E-state index contributed by atoms with van der Waals surface area (Å²) in [7, 11) is -0.434. The Labute approximate surface area is 178 Å². The number of hydrogen-bond donors (Lipinski definition) is 0. The van der Waals surface area contributed by atoms with Gasteiger partial charge in [-0.25, -0.2) is 9.37 Å². The van der Waals surface area contributed by atoms with Gasteiger partial charge in [-0.2, -0.15) is 8.78 Å². The van der Waals surface area contributed by atoms with Crippen molar-refractivity contribution in [3.63, 3.8) is 0 Å². The maximum atomic E-state index is 14.9. The Morgan fingerprint density at radius 3 is 2.23 bits per heavy atom. The first kappa shape index (κ1) is 23.2. The third kappa shape index (κ3) is 4.72. The second kappa shape index (κ2) is 7.59. The van der Waals surface area contributed by atoms with E-state index in [0.717, 1.165) is 10.4 Å². The van der Waals surface area contributed by atoms with Gasteiger partial charge in [0.25, 0.3) is 0 Å². The number of alkyl halides is 2. The maximum absolute atomic E-state index is 14.9. The Balaban J connectivity index is 1.68. The molecule has 0 atom stereocenters. The molecule has 2 saturated heterocycles. The summed E-state index contributed by atoms with van der Waals surface area (Å²) in [4.78, 5) is 13.3. The molecule has 9 heteroatoms. The Morgan fingerprint density at radius 1 is 1.17 bits per heavy atom. The second-order valence-electron chi connectivity index (χ2n) is 10.4. The molecule has 0 aliphatic carbocycles. The van der Waals surface area contributed by atoms with Crippen LogP contribution in [0.25, 0.3) is 0 Å². The fourth-order valence-corrected chi connectivity index (χ4v) is 3.84. The SMILES string of the molecule is CC(C)(C)OC(=O)N1CCC(=[N+]2CC=C(B3OC(C)(C)C(C)(C)O3)CC2)C(F)(F)C1. The van der Waals surface area contributed by atoms with Crippen LogP contribution in [0, 0.1) is 0 Å². The van der Waals surface area contributed by atoms with Gasteiger partial charge in [0.05, 0.1) is 24.2 Å². The lowest BCUT2D eigenvalue weighted by Crippen LogP contribution is -2.55. The number of nitrogens with zero attached hydrogens (tertiary/aromatic N) is 2. The molecule has 3 aliphatic heterocycles. The van der Waals surface area contributed by atoms with Gasteiger partial charge in [-0.1, -0.05) is 0 Å². The fraction of sp³-hybridized carbons (Fsp3) is 0.810. The molecule has 2 fully saturated rings. The summed E-state index contributed by atoms with van der Waals surface area (Å²) in [5, 5.41) is 0. The van der Waals surface area contributed by atoms with Crippen LogP contribution in [0.5, 0.6) is 0 Å². The lowest BCUT2D eigenvalue weighted by molar-refractivity contribution is -0.527. The second-order valence-corrected chi connectivity index (χ2v) is 10.4. The summed E-state index contributed by atoms with van der Waals surface area (Å²) in [5.74, 6) is -3.08. The molecule has 6 nitrogen and oxygen atoms in total. The number of halogens is 2. The number of ether oxygens (including phenoxy) is 1. The van der Waals surface area contributed by atoms with E-state index in [9.17, 15) is 13.6 Å². The predicted octanol–water partition coefficient (Wildman–Crippen LogP) is 3.68. The highest BCUT2D eigenvalue weighted by Gasteiger charge is 2.53. The highest BCUT2D eigenvalue weighted by molar-refractivity contribution is 6.54. The van der Waals surface area contributed by atoms with E-state index in [0.29, 0.717) is 19.5 Å². The lowest BCUT2D eigenvalue weighted by Gasteiger charge is -2.34. The van der Waals surface area contributed by atoms with Gasteiger partial charge in [0.2, 0.25) is 5.71 Å². The molecule has 0 N–H and O–H groups in total. The summed E-state index contributed by atoms with van der Waals surface area (Å²) in [5.41, 5.74) is -0.470. The van der Waals surface area contributed by atoms with Gasteiger partial charge in [-0.05, 0) is 60.0 Å². The molecule has 168 valence electrons. The average Bonchev–Trinajstić information content (AvgIpc) is 2.80. The Bertz CT molecular complexity index is 755. The molecule has 0 aromatic rings. The van der Waals surface area contributed by atoms with Crippen molar-refractivity contribution in [1.29, 1.82) is 0 Å². The third-order valence-corrected chi connectivity index (χ3v) is 6.26. The van der Waals surface area contributed by atoms with E-state index in [2.05, 4.69) is 0 Å². The average molecular weight is 427 g/mol. The molecule has 1 amide bonds. The molecule has 3 heterocycles. The first-order chi connectivity index (χ1) is 13.6. The van der Waals surface area contributed by atoms with Gasteiger partial charge in [0.1, 0.15) is 12.1 Å². The van der Waals surface area contributed by atoms with Crippen LogP contribution in [0.1, 0.15) is 61.3 Å². The summed E-state index contributed by atoms with van der Waals surface area (Å²) in [6.45, 7) is 13.6. The van der Waals surface area contributed by atoms with E-state index in [4.69, 9.17) is 14.0 Å². The molecule has 0 unspecified atom stereocenters. The van der Waals surface area contributed by atoms with Crippen molar-refractivity contribution >= 4 is 18.9 Å². The standard InChI is InChI=1S/C21H34BF2N2O4/c1-18(2,3)28-17(27)26-13-10-16(21(23,24)14-26)25-11-8-15(9-12-25)22-29-19(4,5)20(6,7)30-22/h8H,9-14H2,1-7H3/q+1. The highest BCUT2D eigenvalue weighted by atomic mass is 19.3. The predicted molar refractivity (Wildman–Crippen MR) is 111 cm³/mol. The summed E-state index contributed by atoms with van der Waals surface area (Å²) in [6, 6.07) is 0. The first-order valence-corrected chi connectivity index (χ1v) is 10.6. The van der Waals surface area contributed by atoms with Crippen LogP contribution < -0.4 is 0 Å². The van der Waals surface area contributed by atoms with Crippen LogP contribution in [0.15, 0.2) is 11.5 Å². The molecule has 0 saturated carbocycles. The van der Waals surface area contributed by atoms with E-state index >= 15 is 0 Å². The zero-order valence-electron chi connectivity index (χ0n) is 19.2. The van der Waals surface area contributed by atoms with Crippen LogP contribution in [0.2, 0.25) is 0 Å². The number of piperidine rings is 1. The maximum Gasteiger partial charge on any atom is 0.490 e. The molecular formula is C21H34BF2N2O4+. The minimum Gasteiger partial charge on any atom is -0.444 e. The summed E-state index contributed by atoms with van der Waals surface area (Å²) >= 11 is 0. The number of hydrogen-bond acceptors (Lipinski definition) is 4. The van der Waals surface area contributed by atoms with E-state index < -0.39 is 42.5 Å². The van der Waals surface area contributed by atoms with Crippen LogP contribution in [-0.2, 0) is 14.0 Å². The van der Waals surface area contributed by atoms with Crippen molar-refractivity contribution in [1.82, 2.24) is 4.90 Å². The number of amides is 1. The van der Waals surface area contributed by atoms with Gasteiger partial charge < -0.3 is 18.9 Å². The fourth-order valence-electron chi connectivity index (χ4n) is 3.84. The number of likely N-dealkylation sites (tertiary alicyclic amines) is 1. The minimum atomic E-state index is -3.08. The van der Waals surface area contributed by atoms with Crippen LogP contribution in [0.4, 0.5) is 13.6 Å². The first-order valence-electron chi connectivity index (χ1n) is 10.6. The van der Waals surface area contributed by atoms with Gasteiger partial charge in [0, 0.05) is 13.0 Å². The van der Waals surface area contributed by atoms with Gasteiger partial charge in [-0.3, -0.25) is 0 Å². The van der Waals surface area contributed by atoms with Crippen molar-refractivity contribution in [2.75, 3.05) is 26.2 Å². The van der Waals surface area contributed by atoms with Gasteiger partial charge in [0.15, 0.2) is 6.54 Å². The molecule has 0 spiro atoms. The van der Waals surface area contributed by atoms with Crippen molar-refractivity contribution in [3.05, 3.63) is 11.5 Å². The smallest absolute Gasteiger partial charge is 0.444 e. The van der Waals surface area contributed by atoms with E-state index in [1.54, 1.807) is 25.3 Å². The van der Waals surface area contributed by atoms with Crippen LogP contribution in [0.3, 0.4) is 0 Å². The van der Waals surface area contributed by atoms with Crippen molar-refractivity contribution < 1.29 is 32.2 Å². The highest BCUT2D eigenvalue weighted by Crippen LogP contribution is 2.39. The topological polar surface area (TPSA) is 51.0 Å². The number of rotatable bonds is 1. The largest absolute Gasteiger partial charge is 0.490 e. The van der Waals surface area contributed by atoms with Crippen molar-refractivity contribution in [2.45, 2.75) is 84.0 Å². The molecule has 0 aromatic carbocycles. The molecule has 30 heavy (non-hydrogen) atoms. The quantitative estimate of drug-likeness (QED) is 0.473. The van der Waals surface area contributed by atoms with Crippen molar-refractivity contribution in [3.8, 4) is 0 Å². The molecule has 3 aliphatic rings. The monoisotopic (exact) mass is 427 g/mol. The number of carbonyl (C=O) groups excluding carboxylic acids is 1. The zero-order valence-corrected chi connectivity index (χ0v) is 19.2. The van der Waals surface area contributed by atoms with E-state index in [1.807, 2.05) is 33.8 Å². The Hall–Kier alpha value is -1.48. The normalized spacial score (nSPS) is 28.4. The molecular weight excluding hydrogens is 393 g/mol. The van der Waals surface area contributed by atoms with Crippen molar-refractivity contribution in [2.24, 2.45) is 0 Å². The van der Waals surface area contributed by atoms with Gasteiger partial charge in [-0.15, -0.1) is 0 Å². The van der Waals surface area contributed by atoms with E-state index in [-0.39, 0.29) is 18.7 Å². The zero-order chi connectivity index (χ0) is 22.5. The molecule has 3 rings (SSSR count). The van der Waals surface area contributed by atoms with Crippen LogP contribution in [-0.4, -0.2) is 77.3 Å². The molecule has 0 radical (unpaired) electrons. The minimum absolute atomic E-state index is 0.0894.